The fourth-order valence-corrected chi connectivity index (χ4v) is 4.45. The molecule has 1 aliphatic carbocycles. The van der Waals surface area contributed by atoms with Gasteiger partial charge in [-0.25, -0.2) is 9.78 Å². The minimum Gasteiger partial charge on any atom is -0.452 e. The minimum absolute atomic E-state index is 0.0193. The second kappa shape index (κ2) is 10.1. The van der Waals surface area contributed by atoms with Crippen molar-refractivity contribution >= 4 is 29.1 Å². The monoisotopic (exact) mass is 427 g/mol. The van der Waals surface area contributed by atoms with Crippen LogP contribution in [0.15, 0.2) is 34.8 Å². The predicted octanol–water partition coefficient (Wildman–Crippen LogP) is 2.54. The number of hydrogen-bond donors (Lipinski definition) is 1. The Morgan fingerprint density at radius 1 is 1.16 bits per heavy atom. The number of para-hydroxylation sites is 2. The van der Waals surface area contributed by atoms with Crippen LogP contribution in [0.3, 0.4) is 0 Å². The van der Waals surface area contributed by atoms with Crippen molar-refractivity contribution in [2.75, 3.05) is 39.5 Å². The molecule has 2 aromatic rings. The quantitative estimate of drug-likeness (QED) is 0.536. The van der Waals surface area contributed by atoms with Crippen LogP contribution in [-0.4, -0.2) is 66.8 Å². The molecule has 2 fully saturated rings. The van der Waals surface area contributed by atoms with Gasteiger partial charge in [0.25, 0.3) is 5.91 Å². The number of nitrogens with zero attached hydrogens (tertiary/aromatic N) is 2. The number of aromatic nitrogens is 1. The summed E-state index contributed by atoms with van der Waals surface area (Å²) in [6.07, 6.45) is 8.38. The molecule has 0 spiro atoms. The van der Waals surface area contributed by atoms with E-state index in [1.54, 1.807) is 6.07 Å². The number of esters is 1. The number of nitrogens with one attached hydrogen (secondary N) is 1. The summed E-state index contributed by atoms with van der Waals surface area (Å²) in [4.78, 5) is 31.0. The highest BCUT2D eigenvalue weighted by molar-refractivity contribution is 5.89. The summed E-state index contributed by atoms with van der Waals surface area (Å²) >= 11 is 0. The van der Waals surface area contributed by atoms with Gasteiger partial charge in [0.15, 0.2) is 12.2 Å². The van der Waals surface area contributed by atoms with E-state index in [0.717, 1.165) is 39.1 Å². The SMILES string of the molecule is O=C(COC(=O)/C=C/c1nc2ccccc2o1)NCC1(N2CCOCC2)CCCCC1. The summed E-state index contributed by atoms with van der Waals surface area (Å²) in [5.41, 5.74) is 1.34. The van der Waals surface area contributed by atoms with Crippen molar-refractivity contribution in [3.8, 4) is 0 Å². The highest BCUT2D eigenvalue weighted by atomic mass is 16.5. The number of amides is 1. The number of hydrogen-bond acceptors (Lipinski definition) is 7. The zero-order valence-electron chi connectivity index (χ0n) is 17.7. The molecule has 31 heavy (non-hydrogen) atoms. The molecule has 0 bridgehead atoms. The summed E-state index contributed by atoms with van der Waals surface area (Å²) in [5.74, 6) is -0.591. The number of oxazole rings is 1. The van der Waals surface area contributed by atoms with Crippen LogP contribution >= 0.6 is 0 Å². The molecular weight excluding hydrogens is 398 g/mol. The first-order valence-electron chi connectivity index (χ1n) is 10.9. The van der Waals surface area contributed by atoms with Crippen LogP contribution in [0.25, 0.3) is 17.2 Å². The predicted molar refractivity (Wildman–Crippen MR) is 115 cm³/mol. The molecule has 4 rings (SSSR count). The molecule has 1 saturated carbocycles. The first kappa shape index (κ1) is 21.5. The van der Waals surface area contributed by atoms with Crippen LogP contribution in [0.2, 0.25) is 0 Å². The molecule has 0 radical (unpaired) electrons. The van der Waals surface area contributed by atoms with Crippen molar-refractivity contribution in [1.29, 1.82) is 0 Å². The van der Waals surface area contributed by atoms with E-state index in [1.165, 1.54) is 31.4 Å². The van der Waals surface area contributed by atoms with Crippen LogP contribution in [0, 0.1) is 0 Å². The molecule has 1 aromatic carbocycles. The van der Waals surface area contributed by atoms with Crippen molar-refractivity contribution in [2.45, 2.75) is 37.6 Å². The van der Waals surface area contributed by atoms with Gasteiger partial charge in [0.1, 0.15) is 5.52 Å². The van der Waals surface area contributed by atoms with Gasteiger partial charge < -0.3 is 19.2 Å². The highest BCUT2D eigenvalue weighted by Crippen LogP contribution is 2.33. The lowest BCUT2D eigenvalue weighted by Crippen LogP contribution is -2.59. The van der Waals surface area contributed by atoms with E-state index in [9.17, 15) is 9.59 Å². The molecule has 8 nitrogen and oxygen atoms in total. The van der Waals surface area contributed by atoms with E-state index < -0.39 is 5.97 Å². The largest absolute Gasteiger partial charge is 0.452 e. The molecule has 1 aliphatic heterocycles. The van der Waals surface area contributed by atoms with E-state index in [4.69, 9.17) is 13.9 Å². The smallest absolute Gasteiger partial charge is 0.331 e. The van der Waals surface area contributed by atoms with Crippen molar-refractivity contribution in [1.82, 2.24) is 15.2 Å². The fraction of sp³-hybridized carbons (Fsp3) is 0.522. The Morgan fingerprint density at radius 2 is 1.94 bits per heavy atom. The molecule has 2 aliphatic rings. The van der Waals surface area contributed by atoms with Crippen LogP contribution < -0.4 is 5.32 Å². The Labute approximate surface area is 181 Å². The Hall–Kier alpha value is -2.71. The van der Waals surface area contributed by atoms with Gasteiger partial charge in [0, 0.05) is 37.3 Å². The summed E-state index contributed by atoms with van der Waals surface area (Å²) in [5, 5.41) is 2.98. The lowest BCUT2D eigenvalue weighted by Gasteiger charge is -2.48. The van der Waals surface area contributed by atoms with Crippen molar-refractivity contribution in [2.24, 2.45) is 0 Å². The normalized spacial score (nSPS) is 19.5. The minimum atomic E-state index is -0.613. The number of benzene rings is 1. The van der Waals surface area contributed by atoms with Gasteiger partial charge in [-0.1, -0.05) is 31.4 Å². The van der Waals surface area contributed by atoms with Crippen molar-refractivity contribution in [3.05, 3.63) is 36.2 Å². The fourth-order valence-electron chi connectivity index (χ4n) is 4.45. The Kier molecular flexibility index (Phi) is 6.99. The van der Waals surface area contributed by atoms with Gasteiger partial charge in [-0.05, 0) is 25.0 Å². The average Bonchev–Trinajstić information content (AvgIpc) is 3.24. The van der Waals surface area contributed by atoms with Crippen molar-refractivity contribution < 1.29 is 23.5 Å². The highest BCUT2D eigenvalue weighted by Gasteiger charge is 2.38. The standard InChI is InChI=1S/C23H29N3O5/c27-20(24-17-23(10-4-1-5-11-23)26-12-14-29-15-13-26)16-30-22(28)9-8-21-25-18-6-2-3-7-19(18)31-21/h2-3,6-9H,1,4-5,10-17H2,(H,24,27)/b9-8+. The number of morpholine rings is 1. The lowest BCUT2D eigenvalue weighted by atomic mass is 9.79. The average molecular weight is 428 g/mol. The molecule has 1 N–H and O–H groups in total. The van der Waals surface area contributed by atoms with Crippen LogP contribution in [-0.2, 0) is 19.1 Å². The zero-order valence-corrected chi connectivity index (χ0v) is 17.7. The van der Waals surface area contributed by atoms with Crippen molar-refractivity contribution in [3.63, 3.8) is 0 Å². The molecule has 0 atom stereocenters. The first-order valence-corrected chi connectivity index (χ1v) is 10.9. The Balaban J connectivity index is 1.25. The van der Waals surface area contributed by atoms with E-state index >= 15 is 0 Å². The molecule has 1 amide bonds. The maximum atomic E-state index is 12.3. The third kappa shape index (κ3) is 5.51. The molecule has 2 heterocycles. The van der Waals surface area contributed by atoms with Crippen LogP contribution in [0.4, 0.5) is 0 Å². The van der Waals surface area contributed by atoms with E-state index in [0.29, 0.717) is 23.5 Å². The third-order valence-electron chi connectivity index (χ3n) is 6.10. The molecule has 1 aromatic heterocycles. The van der Waals surface area contributed by atoms with Gasteiger partial charge in [0.2, 0.25) is 5.89 Å². The van der Waals surface area contributed by atoms with Gasteiger partial charge >= 0.3 is 5.97 Å². The Morgan fingerprint density at radius 3 is 2.71 bits per heavy atom. The second-order valence-corrected chi connectivity index (χ2v) is 8.12. The topological polar surface area (TPSA) is 93.9 Å². The van der Waals surface area contributed by atoms with E-state index in [1.807, 2.05) is 18.2 Å². The summed E-state index contributed by atoms with van der Waals surface area (Å²) in [6.45, 7) is 3.52. The number of fused-ring (bicyclic) bond motifs is 1. The summed E-state index contributed by atoms with van der Waals surface area (Å²) < 4.78 is 16.1. The molecule has 1 saturated heterocycles. The van der Waals surface area contributed by atoms with E-state index in [-0.39, 0.29) is 18.1 Å². The Bertz CT molecular complexity index is 893. The summed E-state index contributed by atoms with van der Waals surface area (Å²) in [6, 6.07) is 7.35. The third-order valence-corrected chi connectivity index (χ3v) is 6.10. The molecule has 0 unspecified atom stereocenters. The zero-order chi connectivity index (χ0) is 21.5. The van der Waals surface area contributed by atoms with Gasteiger partial charge in [-0.2, -0.15) is 0 Å². The summed E-state index contributed by atoms with van der Waals surface area (Å²) in [7, 11) is 0. The number of carbonyl (C=O) groups excluding carboxylic acids is 2. The van der Waals surface area contributed by atoms with Gasteiger partial charge in [-0.15, -0.1) is 0 Å². The molecule has 8 heteroatoms. The van der Waals surface area contributed by atoms with Crippen LogP contribution in [0.1, 0.15) is 38.0 Å². The first-order chi connectivity index (χ1) is 15.1. The second-order valence-electron chi connectivity index (χ2n) is 8.12. The van der Waals surface area contributed by atoms with Gasteiger partial charge in [-0.3, -0.25) is 9.69 Å². The molecule has 166 valence electrons. The van der Waals surface area contributed by atoms with E-state index in [2.05, 4.69) is 15.2 Å². The maximum Gasteiger partial charge on any atom is 0.331 e. The maximum absolute atomic E-state index is 12.3. The van der Waals surface area contributed by atoms with Crippen LogP contribution in [0.5, 0.6) is 0 Å². The number of ether oxygens (including phenoxy) is 2. The van der Waals surface area contributed by atoms with Gasteiger partial charge in [0.05, 0.1) is 13.2 Å². The molecular formula is C23H29N3O5. The number of rotatable bonds is 7. The number of carbonyl (C=O) groups is 2. The lowest BCUT2D eigenvalue weighted by molar-refractivity contribution is -0.144.